The molecule has 0 aliphatic carbocycles. The minimum atomic E-state index is -2.02. The van der Waals surface area contributed by atoms with Gasteiger partial charge in [0.25, 0.3) is 0 Å². The van der Waals surface area contributed by atoms with Crippen molar-refractivity contribution in [2.75, 3.05) is 20.8 Å². The van der Waals surface area contributed by atoms with Gasteiger partial charge in [-0.05, 0) is 18.2 Å². The maximum absolute atomic E-state index is 13.6. The van der Waals surface area contributed by atoms with Crippen LogP contribution in [0.3, 0.4) is 0 Å². The predicted octanol–water partition coefficient (Wildman–Crippen LogP) is -2.37. The average Bonchev–Trinajstić information content (AvgIpc) is 3.06. The van der Waals surface area contributed by atoms with E-state index in [2.05, 4.69) is 0 Å². The van der Waals surface area contributed by atoms with Crippen molar-refractivity contribution in [3.05, 3.63) is 40.6 Å². The van der Waals surface area contributed by atoms with Crippen LogP contribution in [0.1, 0.15) is 0 Å². The highest BCUT2D eigenvalue weighted by Crippen LogP contribution is 2.40. The monoisotopic (exact) mass is 668 g/mol. The fourth-order valence-electron chi connectivity index (χ4n) is 5.16. The second-order valence-electron chi connectivity index (χ2n) is 10.6. The van der Waals surface area contributed by atoms with Crippen molar-refractivity contribution in [2.24, 2.45) is 0 Å². The van der Waals surface area contributed by atoms with E-state index in [1.54, 1.807) is 0 Å². The molecule has 18 nitrogen and oxygen atoms in total. The van der Waals surface area contributed by atoms with Gasteiger partial charge in [0.2, 0.25) is 23.8 Å². The Morgan fingerprint density at radius 1 is 0.787 bits per heavy atom. The molecule has 3 aromatic rings. The molecule has 2 aliphatic rings. The molecule has 9 N–H and O–H groups in total. The van der Waals surface area contributed by atoms with Crippen molar-refractivity contribution in [3.63, 3.8) is 0 Å². The van der Waals surface area contributed by atoms with E-state index in [9.17, 15) is 55.5 Å². The quantitative estimate of drug-likeness (QED) is 0.115. The number of aliphatic hydroxyl groups excluding tert-OH is 7. The van der Waals surface area contributed by atoms with Gasteiger partial charge in [0.1, 0.15) is 65.2 Å². The highest BCUT2D eigenvalue weighted by Gasteiger charge is 2.48. The van der Waals surface area contributed by atoms with Gasteiger partial charge in [-0.1, -0.05) is 0 Å². The summed E-state index contributed by atoms with van der Waals surface area (Å²) in [7, 11) is 2.76. The molecule has 10 unspecified atom stereocenters. The second kappa shape index (κ2) is 13.5. The first-order valence-corrected chi connectivity index (χ1v) is 13.9. The Bertz CT molecular complexity index is 1670. The lowest BCUT2D eigenvalue weighted by Crippen LogP contribution is -2.61. The van der Waals surface area contributed by atoms with Gasteiger partial charge in [-0.3, -0.25) is 4.79 Å². The summed E-state index contributed by atoms with van der Waals surface area (Å²) in [6, 6.07) is 6.37. The summed E-state index contributed by atoms with van der Waals surface area (Å²) in [4.78, 5) is 25.2. The van der Waals surface area contributed by atoms with E-state index in [1.165, 1.54) is 32.4 Å². The molecule has 0 radical (unpaired) electrons. The Morgan fingerprint density at radius 3 is 2.04 bits per heavy atom. The van der Waals surface area contributed by atoms with Crippen LogP contribution in [-0.2, 0) is 14.3 Å². The average molecular weight is 669 g/mol. The summed E-state index contributed by atoms with van der Waals surface area (Å²) in [6.07, 6.45) is -18.7. The highest BCUT2D eigenvalue weighted by molar-refractivity contribution is 5.88. The van der Waals surface area contributed by atoms with Crippen LogP contribution >= 0.6 is 0 Å². The molecule has 2 aromatic carbocycles. The molecule has 2 saturated heterocycles. The predicted molar refractivity (Wildman–Crippen MR) is 152 cm³/mol. The van der Waals surface area contributed by atoms with Crippen LogP contribution in [0.15, 0.2) is 39.5 Å². The Kier molecular flexibility index (Phi) is 9.78. The van der Waals surface area contributed by atoms with Crippen LogP contribution in [0.4, 0.5) is 0 Å². The van der Waals surface area contributed by atoms with E-state index < -0.39 is 96.3 Å². The molecule has 5 rings (SSSR count). The van der Waals surface area contributed by atoms with Gasteiger partial charge < -0.3 is 78.8 Å². The van der Waals surface area contributed by atoms with Crippen molar-refractivity contribution in [2.45, 2.75) is 61.4 Å². The number of carboxylic acid groups (broad SMARTS) is 1. The van der Waals surface area contributed by atoms with Crippen molar-refractivity contribution in [1.29, 1.82) is 0 Å². The first kappa shape index (κ1) is 34.1. The van der Waals surface area contributed by atoms with Crippen molar-refractivity contribution >= 4 is 16.9 Å². The number of hydrogen-bond acceptors (Lipinski definition) is 17. The zero-order chi connectivity index (χ0) is 34.3. The SMILES string of the molecule is COc1ccc(-c2oc3cc(OC4OC(C(=O)O)C(O)C(O)C4O)cc(OC4OC(CO)C(O)C(O)C4O)c3c(=O)c2O)cc1OC. The number of hydrogen-bond donors (Lipinski definition) is 9. The summed E-state index contributed by atoms with van der Waals surface area (Å²) < 4.78 is 38.3. The van der Waals surface area contributed by atoms with Crippen molar-refractivity contribution in [1.82, 2.24) is 0 Å². The Hall–Kier alpha value is -4.24. The summed E-state index contributed by atoms with van der Waals surface area (Å²) in [5.74, 6) is -3.28. The Labute approximate surface area is 263 Å². The van der Waals surface area contributed by atoms with Gasteiger partial charge in [-0.15, -0.1) is 0 Å². The van der Waals surface area contributed by atoms with Crippen LogP contribution in [0, 0.1) is 0 Å². The number of aliphatic hydroxyl groups is 7. The van der Waals surface area contributed by atoms with E-state index in [1.807, 2.05) is 0 Å². The van der Waals surface area contributed by atoms with Crippen LogP contribution in [0.5, 0.6) is 28.7 Å². The number of carboxylic acids is 1. The van der Waals surface area contributed by atoms with Gasteiger partial charge in [-0.2, -0.15) is 0 Å². The fourth-order valence-corrected chi connectivity index (χ4v) is 5.16. The normalized spacial score (nSPS) is 30.9. The molecule has 0 amide bonds. The van der Waals surface area contributed by atoms with Crippen LogP contribution in [-0.4, -0.2) is 134 Å². The summed E-state index contributed by atoms with van der Waals surface area (Å²) >= 11 is 0. The van der Waals surface area contributed by atoms with Crippen LogP contribution in [0.25, 0.3) is 22.3 Å². The molecule has 0 saturated carbocycles. The highest BCUT2D eigenvalue weighted by atomic mass is 16.7. The van der Waals surface area contributed by atoms with E-state index in [-0.39, 0.29) is 28.4 Å². The second-order valence-corrected chi connectivity index (χ2v) is 10.6. The van der Waals surface area contributed by atoms with Gasteiger partial charge in [0.05, 0.1) is 20.8 Å². The van der Waals surface area contributed by atoms with E-state index in [0.717, 1.165) is 12.1 Å². The Morgan fingerprint density at radius 2 is 1.43 bits per heavy atom. The number of carbonyl (C=O) groups is 1. The number of aliphatic carboxylic acids is 1. The largest absolute Gasteiger partial charge is 0.502 e. The number of fused-ring (bicyclic) bond motifs is 1. The van der Waals surface area contributed by atoms with E-state index in [0.29, 0.717) is 5.75 Å². The summed E-state index contributed by atoms with van der Waals surface area (Å²) in [6.45, 7) is -0.803. The molecule has 1 aromatic heterocycles. The molecule has 10 atom stereocenters. The molecule has 47 heavy (non-hydrogen) atoms. The van der Waals surface area contributed by atoms with Gasteiger partial charge >= 0.3 is 5.97 Å². The zero-order valence-electron chi connectivity index (χ0n) is 24.6. The zero-order valence-corrected chi connectivity index (χ0v) is 24.6. The molecule has 2 fully saturated rings. The maximum Gasteiger partial charge on any atom is 0.335 e. The molecule has 2 aliphatic heterocycles. The molecular formula is C29H32O18. The lowest BCUT2D eigenvalue weighted by molar-refractivity contribution is -0.277. The van der Waals surface area contributed by atoms with Crippen LogP contribution in [0.2, 0.25) is 0 Å². The molecule has 0 bridgehead atoms. The summed E-state index contributed by atoms with van der Waals surface area (Å²) in [5, 5.41) is 91.2. The molecule has 3 heterocycles. The maximum atomic E-state index is 13.6. The smallest absolute Gasteiger partial charge is 0.335 e. The lowest BCUT2D eigenvalue weighted by Gasteiger charge is -2.39. The number of methoxy groups -OCH3 is 2. The van der Waals surface area contributed by atoms with Gasteiger partial charge in [0.15, 0.2) is 23.4 Å². The minimum absolute atomic E-state index is 0.148. The van der Waals surface area contributed by atoms with Crippen molar-refractivity contribution in [3.8, 4) is 40.1 Å². The number of aromatic hydroxyl groups is 1. The van der Waals surface area contributed by atoms with E-state index in [4.69, 9.17) is 32.8 Å². The van der Waals surface area contributed by atoms with Crippen LogP contribution < -0.4 is 24.4 Å². The molecule has 18 heteroatoms. The molecule has 256 valence electrons. The number of ether oxygens (including phenoxy) is 6. The number of rotatable bonds is 9. The van der Waals surface area contributed by atoms with E-state index >= 15 is 0 Å². The Balaban J connectivity index is 1.64. The van der Waals surface area contributed by atoms with Crippen molar-refractivity contribution < 1.29 is 83.6 Å². The third-order valence-electron chi connectivity index (χ3n) is 7.71. The lowest BCUT2D eigenvalue weighted by atomic mass is 9.99. The summed E-state index contributed by atoms with van der Waals surface area (Å²) in [5.41, 5.74) is -1.27. The topological polar surface area (TPSA) is 285 Å². The third kappa shape index (κ3) is 6.25. The fraction of sp³-hybridized carbons (Fsp3) is 0.448. The third-order valence-corrected chi connectivity index (χ3v) is 7.71. The first-order chi connectivity index (χ1) is 22.3. The molecular weight excluding hydrogens is 636 g/mol. The van der Waals surface area contributed by atoms with Gasteiger partial charge in [-0.25, -0.2) is 4.79 Å². The standard InChI is InChI=1S/C29H32O18/c1-41-11-4-3-9(5-12(11)42-2)25-21(35)18(32)16-13(44-25)6-10(43-28-24(38)20(34)22(36)26(47-28)27(39)40)7-14(16)45-29-23(37)19(33)17(31)15(8-30)46-29/h3-7,15,17,19-20,22-24,26,28-31,33-38H,8H2,1-2H3,(H,39,40). The first-order valence-electron chi connectivity index (χ1n) is 13.9. The number of benzene rings is 2. The van der Waals surface area contributed by atoms with Gasteiger partial charge in [0, 0.05) is 17.7 Å². The molecule has 0 spiro atoms. The minimum Gasteiger partial charge on any atom is -0.502 e.